The standard InChI is InChI=1S/C80H100ClF3N10O10S4/c1-53(55-18-20-57(21-19-55)72-54(2)85-52-106-72)86-75(99)68-44-63(95)48-94(68)76(100)73(77(3,4)5)88-70(96)16-12-9-13-17-71(97)93-50-79(51-93)35-38-90(39-36-79)37-33-61(49-105-64-14-10-8-11-15-64)87-67-31-30-65(45-69(67)107(101,102)80(82,83)84)108(103,104)89-74(98)58-24-28-62(29-25-58)92-42-40-91(41-43-92)47-59-46-78(6,7)34-32-66(59)56-22-26-60(81)27-23-56/h8,10-11,14-15,18-31,45,52-53,61,63,68,73,87,95H,9,12-13,16-17,32-44,46-51H2,1-7H3,(H,86,99)(H,88,96)(H,89,98)/t53-,61+,63+,68-,73+/m0/s1. The van der Waals surface area contributed by atoms with Gasteiger partial charge in [0.2, 0.25) is 23.6 Å². The molecule has 0 bridgehead atoms. The largest absolute Gasteiger partial charge is 0.501 e. The molecule has 11 rings (SSSR count). The smallest absolute Gasteiger partial charge is 0.391 e. The lowest BCUT2D eigenvalue weighted by Gasteiger charge is -2.54. The van der Waals surface area contributed by atoms with E-state index in [9.17, 15) is 59.1 Å². The Morgan fingerprint density at radius 1 is 0.787 bits per heavy atom. The van der Waals surface area contributed by atoms with Crippen molar-refractivity contribution in [2.45, 2.75) is 176 Å². The first-order valence-electron chi connectivity index (χ1n) is 37.2. The first kappa shape index (κ1) is 81.6. The maximum atomic E-state index is 14.6. The number of halogens is 4. The van der Waals surface area contributed by atoms with Crippen LogP contribution in [-0.2, 0) is 39.0 Å². The van der Waals surface area contributed by atoms with Crippen LogP contribution in [0, 0.1) is 23.2 Å². The lowest BCUT2D eigenvalue weighted by atomic mass is 9.72. The Morgan fingerprint density at radius 3 is 2.10 bits per heavy atom. The number of alkyl halides is 3. The lowest BCUT2D eigenvalue weighted by Crippen LogP contribution is -2.61. The molecule has 5 N–H and O–H groups in total. The average Bonchev–Trinajstić information content (AvgIpc) is 1.01. The second kappa shape index (κ2) is 34.5. The summed E-state index contributed by atoms with van der Waals surface area (Å²) in [6.45, 7) is 20.8. The number of carbonyl (C=O) groups excluding carboxylic acids is 5. The van der Waals surface area contributed by atoms with E-state index < -0.39 is 88.2 Å². The van der Waals surface area contributed by atoms with Gasteiger partial charge in [0, 0.05) is 117 Å². The molecule has 582 valence electrons. The van der Waals surface area contributed by atoms with E-state index in [4.69, 9.17) is 11.6 Å². The van der Waals surface area contributed by atoms with E-state index in [1.54, 1.807) is 29.0 Å². The van der Waals surface area contributed by atoms with Crippen LogP contribution in [0.25, 0.3) is 16.0 Å². The number of piperidine rings is 1. The number of amides is 5. The second-order valence-electron chi connectivity index (χ2n) is 31.6. The van der Waals surface area contributed by atoms with E-state index in [1.807, 2.05) is 111 Å². The number of anilines is 2. The quantitative estimate of drug-likeness (QED) is 0.0226. The number of thioether (sulfide) groups is 1. The van der Waals surface area contributed by atoms with Gasteiger partial charge in [-0.05, 0) is 178 Å². The molecule has 1 aromatic heterocycles. The molecule has 5 atom stereocenters. The van der Waals surface area contributed by atoms with Crippen LogP contribution in [0.2, 0.25) is 5.02 Å². The number of unbranched alkanes of at least 4 members (excludes halogenated alkanes) is 2. The van der Waals surface area contributed by atoms with Gasteiger partial charge in [0.15, 0.2) is 0 Å². The van der Waals surface area contributed by atoms with Gasteiger partial charge in [-0.2, -0.15) is 13.2 Å². The van der Waals surface area contributed by atoms with Gasteiger partial charge >= 0.3 is 5.51 Å². The third kappa shape index (κ3) is 20.4. The summed E-state index contributed by atoms with van der Waals surface area (Å²) >= 11 is 9.21. The number of hydrogen-bond donors (Lipinski definition) is 5. The molecule has 1 spiro atoms. The van der Waals surface area contributed by atoms with Crippen LogP contribution >= 0.6 is 34.7 Å². The van der Waals surface area contributed by atoms with Gasteiger partial charge in [-0.3, -0.25) is 28.9 Å². The molecule has 28 heteroatoms. The molecule has 0 saturated carbocycles. The van der Waals surface area contributed by atoms with Gasteiger partial charge in [0.05, 0.1) is 38.8 Å². The Labute approximate surface area is 646 Å². The van der Waals surface area contributed by atoms with Crippen molar-refractivity contribution in [1.82, 2.24) is 39.9 Å². The summed E-state index contributed by atoms with van der Waals surface area (Å²) in [4.78, 5) is 82.9. The van der Waals surface area contributed by atoms with Crippen molar-refractivity contribution in [2.75, 3.05) is 88.0 Å². The Kier molecular flexibility index (Phi) is 26.1. The van der Waals surface area contributed by atoms with Crippen LogP contribution in [0.1, 0.15) is 152 Å². The van der Waals surface area contributed by atoms with Crippen LogP contribution in [0.15, 0.2) is 147 Å². The minimum absolute atomic E-state index is 0.0264. The van der Waals surface area contributed by atoms with Crippen molar-refractivity contribution in [3.05, 3.63) is 160 Å². The number of thiazole rings is 1. The number of carbonyl (C=O) groups is 5. The van der Waals surface area contributed by atoms with Crippen molar-refractivity contribution < 1.29 is 59.1 Å². The Morgan fingerprint density at radius 2 is 1.45 bits per heavy atom. The fourth-order valence-electron chi connectivity index (χ4n) is 15.3. The third-order valence-corrected chi connectivity index (χ3v) is 27.0. The molecule has 108 heavy (non-hydrogen) atoms. The summed E-state index contributed by atoms with van der Waals surface area (Å²) in [5.74, 6) is -1.91. The van der Waals surface area contributed by atoms with Crippen molar-refractivity contribution in [3.63, 3.8) is 0 Å². The molecule has 6 aromatic rings. The van der Waals surface area contributed by atoms with E-state index in [2.05, 4.69) is 61.6 Å². The SMILES string of the molecule is Cc1ncsc1-c1ccc([C@H](C)NC(=O)[C@@H]2C[C@@H](O)CN2C(=O)[C@@H](NC(=O)CCCCCC(=O)N2CC3(CCN(CC[C@H](CSc4ccccc4)Nc4ccc(S(=O)(=O)NC(=O)c5ccc(N6CCN(CC7=C(c8ccc(Cl)cc8)CCC(C)(C)C7)CC6)cc5)cc4S(=O)(=O)C(F)(F)F)CC3)C2)C(C)(C)C)cc1. The van der Waals surface area contributed by atoms with E-state index in [0.29, 0.717) is 94.8 Å². The molecule has 1 aliphatic carbocycles. The number of piperazine rings is 1. The minimum atomic E-state index is -6.17. The van der Waals surface area contributed by atoms with Gasteiger partial charge < -0.3 is 40.7 Å². The third-order valence-electron chi connectivity index (χ3n) is 21.8. The van der Waals surface area contributed by atoms with Gasteiger partial charge in [-0.1, -0.05) is 113 Å². The monoisotopic (exact) mass is 1580 g/mol. The number of aromatic nitrogens is 1. The number of aliphatic hydroxyl groups is 1. The fraction of sp³-hybridized carbons (Fsp3) is 0.500. The minimum Gasteiger partial charge on any atom is -0.391 e. The summed E-state index contributed by atoms with van der Waals surface area (Å²) in [5, 5.41) is 20.5. The van der Waals surface area contributed by atoms with Crippen molar-refractivity contribution >= 4 is 101 Å². The van der Waals surface area contributed by atoms with E-state index >= 15 is 0 Å². The number of aryl methyl sites for hydroxylation is 1. The zero-order valence-electron chi connectivity index (χ0n) is 62.4. The number of hydrogen-bond acceptors (Lipinski definition) is 17. The van der Waals surface area contributed by atoms with Crippen LogP contribution in [0.4, 0.5) is 24.5 Å². The molecule has 0 unspecified atom stereocenters. The number of β-amino-alcohol motifs (C(OH)–C–C–N with tert-alkyl or cyclic N) is 1. The highest BCUT2D eigenvalue weighted by atomic mass is 35.5. The molecule has 4 saturated heterocycles. The van der Waals surface area contributed by atoms with Gasteiger partial charge in [0.1, 0.15) is 17.0 Å². The summed E-state index contributed by atoms with van der Waals surface area (Å²) in [6, 6.07) is 31.1. The summed E-state index contributed by atoms with van der Waals surface area (Å²) in [6.07, 6.45) is 6.27. The molecule has 4 aliphatic heterocycles. The van der Waals surface area contributed by atoms with Gasteiger partial charge in [0.25, 0.3) is 25.8 Å². The van der Waals surface area contributed by atoms with Crippen molar-refractivity contribution in [3.8, 4) is 10.4 Å². The van der Waals surface area contributed by atoms with Crippen LogP contribution in [0.5, 0.6) is 0 Å². The predicted octanol–water partition coefficient (Wildman–Crippen LogP) is 13.2. The van der Waals surface area contributed by atoms with Crippen molar-refractivity contribution in [2.24, 2.45) is 16.2 Å². The summed E-state index contributed by atoms with van der Waals surface area (Å²) in [7, 11) is -11.1. The maximum Gasteiger partial charge on any atom is 0.501 e. The number of nitrogens with zero attached hydrogens (tertiary/aromatic N) is 6. The Balaban J connectivity index is 0.633. The van der Waals surface area contributed by atoms with Crippen LogP contribution in [0.3, 0.4) is 0 Å². The first-order chi connectivity index (χ1) is 51.1. The normalized spacial score (nSPS) is 19.5. The molecule has 20 nitrogen and oxygen atoms in total. The molecule has 5 aromatic carbocycles. The number of nitrogens with one attached hydrogen (secondary N) is 4. The summed E-state index contributed by atoms with van der Waals surface area (Å²) in [5.41, 5.74) is 2.56. The van der Waals surface area contributed by atoms with E-state index in [-0.39, 0.29) is 53.6 Å². The predicted molar refractivity (Wildman–Crippen MR) is 419 cm³/mol. The van der Waals surface area contributed by atoms with Crippen LogP contribution in [-0.4, -0.2) is 184 Å². The summed E-state index contributed by atoms with van der Waals surface area (Å²) < 4.78 is 101. The average molecular weight is 1580 g/mol. The van der Waals surface area contributed by atoms with Gasteiger partial charge in [-0.15, -0.1) is 23.1 Å². The lowest BCUT2D eigenvalue weighted by molar-refractivity contribution is -0.147. The highest BCUT2D eigenvalue weighted by Gasteiger charge is 2.50. The van der Waals surface area contributed by atoms with E-state index in [1.165, 1.54) is 45.5 Å². The number of likely N-dealkylation sites (tertiary alicyclic amines) is 3. The molecule has 4 fully saturated rings. The number of rotatable bonds is 28. The highest BCUT2D eigenvalue weighted by molar-refractivity contribution is 7.99. The molecule has 5 amide bonds. The number of sulfonamides is 1. The molecule has 0 radical (unpaired) electrons. The number of aliphatic hydroxyl groups excluding tert-OH is 1. The molecule has 5 aliphatic rings. The van der Waals surface area contributed by atoms with E-state index in [0.717, 1.165) is 96.2 Å². The fourth-order valence-corrected chi connectivity index (χ4v) is 19.3. The Bertz CT molecular complexity index is 4440. The molecular weight excluding hydrogens is 1480 g/mol. The number of sulfone groups is 1. The molecule has 5 heterocycles. The van der Waals surface area contributed by atoms with Crippen LogP contribution < -0.4 is 25.6 Å². The second-order valence-corrected chi connectivity index (χ2v) is 37.5. The Hall–Kier alpha value is -7.37. The highest BCUT2D eigenvalue weighted by Crippen LogP contribution is 2.45. The maximum absolute atomic E-state index is 14.6. The zero-order valence-corrected chi connectivity index (χ0v) is 66.5. The first-order valence-corrected chi connectivity index (χ1v) is 42.4. The van der Waals surface area contributed by atoms with Crippen molar-refractivity contribution in [1.29, 1.82) is 0 Å². The zero-order chi connectivity index (χ0) is 77.5. The topological polar surface area (TPSA) is 251 Å². The number of benzene rings is 5. The number of allylic oxidation sites excluding steroid dienone is 1. The van der Waals surface area contributed by atoms with Gasteiger partial charge in [-0.25, -0.2) is 26.5 Å². The molecular formula is C80H100ClF3N10O10S4.